The third-order valence-electron chi connectivity index (χ3n) is 3.19. The van der Waals surface area contributed by atoms with Crippen molar-refractivity contribution in [3.05, 3.63) is 52.9 Å². The fraction of sp³-hybridized carbons (Fsp3) is 0.235. The summed E-state index contributed by atoms with van der Waals surface area (Å²) < 4.78 is 10.2. The van der Waals surface area contributed by atoms with E-state index in [1.807, 2.05) is 6.07 Å². The van der Waals surface area contributed by atoms with Gasteiger partial charge in [-0.3, -0.25) is 9.59 Å². The van der Waals surface area contributed by atoms with E-state index in [0.29, 0.717) is 23.4 Å². The van der Waals surface area contributed by atoms with Crippen molar-refractivity contribution in [2.45, 2.75) is 25.9 Å². The van der Waals surface area contributed by atoms with Gasteiger partial charge in [-0.1, -0.05) is 11.6 Å². The molecule has 1 heterocycles. The molecule has 0 spiro atoms. The summed E-state index contributed by atoms with van der Waals surface area (Å²) in [5.74, 6) is -0.301. The molecule has 1 N–H and O–H groups in total. The number of esters is 1. The van der Waals surface area contributed by atoms with Gasteiger partial charge in [0.15, 0.2) is 6.10 Å². The number of nitrogens with zero attached hydrogens (tertiary/aromatic N) is 1. The number of benzene rings is 1. The standard InChI is InChI=1S/C17H15ClN2O4/c1-11(24-16(21)7-6-14-3-2-8-23-14)17(22)20-13-5-4-12(10-19)15(18)9-13/h2-5,8-9,11H,6-7H2,1H3,(H,20,22)/t11-/m1/s1. The molecule has 1 aromatic carbocycles. The van der Waals surface area contributed by atoms with Gasteiger partial charge in [0.2, 0.25) is 0 Å². The van der Waals surface area contributed by atoms with Crippen LogP contribution in [0.3, 0.4) is 0 Å². The van der Waals surface area contributed by atoms with Crippen LogP contribution in [-0.2, 0) is 20.7 Å². The molecule has 1 amide bonds. The van der Waals surface area contributed by atoms with Crippen LogP contribution in [0.4, 0.5) is 5.69 Å². The Balaban J connectivity index is 1.84. The van der Waals surface area contributed by atoms with Gasteiger partial charge >= 0.3 is 5.97 Å². The molecule has 0 saturated carbocycles. The van der Waals surface area contributed by atoms with Crippen molar-refractivity contribution < 1.29 is 18.7 Å². The van der Waals surface area contributed by atoms with E-state index in [1.165, 1.54) is 25.3 Å². The number of amides is 1. The number of nitriles is 1. The van der Waals surface area contributed by atoms with E-state index in [4.69, 9.17) is 26.0 Å². The second kappa shape index (κ2) is 8.18. The zero-order valence-electron chi connectivity index (χ0n) is 12.9. The van der Waals surface area contributed by atoms with Crippen LogP contribution in [-0.4, -0.2) is 18.0 Å². The zero-order valence-corrected chi connectivity index (χ0v) is 13.7. The number of carbonyl (C=O) groups excluding carboxylic acids is 2. The van der Waals surface area contributed by atoms with Crippen LogP contribution in [0.2, 0.25) is 5.02 Å². The lowest BCUT2D eigenvalue weighted by Crippen LogP contribution is -2.30. The lowest BCUT2D eigenvalue weighted by atomic mass is 10.2. The molecule has 0 radical (unpaired) electrons. The molecule has 1 aromatic heterocycles. The Kier molecular flexibility index (Phi) is 5.99. The maximum atomic E-state index is 12.0. The van der Waals surface area contributed by atoms with Gasteiger partial charge in [-0.05, 0) is 37.3 Å². The van der Waals surface area contributed by atoms with E-state index in [0.717, 1.165) is 0 Å². The van der Waals surface area contributed by atoms with Crippen LogP contribution < -0.4 is 5.32 Å². The summed E-state index contributed by atoms with van der Waals surface area (Å²) in [5, 5.41) is 11.6. The maximum absolute atomic E-state index is 12.0. The summed E-state index contributed by atoms with van der Waals surface area (Å²) in [4.78, 5) is 23.8. The zero-order chi connectivity index (χ0) is 17.5. The Morgan fingerprint density at radius 2 is 2.21 bits per heavy atom. The van der Waals surface area contributed by atoms with Gasteiger partial charge in [-0.15, -0.1) is 0 Å². The lowest BCUT2D eigenvalue weighted by Gasteiger charge is -2.13. The number of hydrogen-bond acceptors (Lipinski definition) is 5. The van der Waals surface area contributed by atoms with Gasteiger partial charge in [-0.25, -0.2) is 0 Å². The van der Waals surface area contributed by atoms with Crippen molar-refractivity contribution in [2.24, 2.45) is 0 Å². The van der Waals surface area contributed by atoms with Crippen LogP contribution in [0.5, 0.6) is 0 Å². The summed E-state index contributed by atoms with van der Waals surface area (Å²) in [5.41, 5.74) is 0.731. The SMILES string of the molecule is C[C@@H](OC(=O)CCc1ccco1)C(=O)Nc1ccc(C#N)c(Cl)c1. The molecular weight excluding hydrogens is 332 g/mol. The molecule has 0 saturated heterocycles. The molecule has 0 aliphatic carbocycles. The van der Waals surface area contributed by atoms with E-state index in [1.54, 1.807) is 18.2 Å². The predicted octanol–water partition coefficient (Wildman–Crippen LogP) is 3.31. The van der Waals surface area contributed by atoms with Crippen molar-refractivity contribution in [1.29, 1.82) is 5.26 Å². The van der Waals surface area contributed by atoms with Gasteiger partial charge in [-0.2, -0.15) is 5.26 Å². The molecule has 2 rings (SSSR count). The minimum absolute atomic E-state index is 0.119. The highest BCUT2D eigenvalue weighted by Crippen LogP contribution is 2.20. The second-order valence-electron chi connectivity index (χ2n) is 5.01. The molecule has 1 atom stereocenters. The first-order valence-corrected chi connectivity index (χ1v) is 7.59. The first kappa shape index (κ1) is 17.6. The van der Waals surface area contributed by atoms with Crippen molar-refractivity contribution in [3.8, 4) is 6.07 Å². The Labute approximate surface area is 144 Å². The number of furan rings is 1. The molecule has 124 valence electrons. The fourth-order valence-electron chi connectivity index (χ4n) is 1.92. The summed E-state index contributed by atoms with van der Waals surface area (Å²) in [7, 11) is 0. The van der Waals surface area contributed by atoms with Gasteiger partial charge in [0.25, 0.3) is 5.91 Å². The highest BCUT2D eigenvalue weighted by atomic mass is 35.5. The van der Waals surface area contributed by atoms with E-state index in [2.05, 4.69) is 5.32 Å². The van der Waals surface area contributed by atoms with Crippen molar-refractivity contribution in [3.63, 3.8) is 0 Å². The third-order valence-corrected chi connectivity index (χ3v) is 3.50. The predicted molar refractivity (Wildman–Crippen MR) is 87.4 cm³/mol. The van der Waals surface area contributed by atoms with Crippen LogP contribution in [0.25, 0.3) is 0 Å². The fourth-order valence-corrected chi connectivity index (χ4v) is 2.14. The maximum Gasteiger partial charge on any atom is 0.307 e. The van der Waals surface area contributed by atoms with Crippen molar-refractivity contribution in [2.75, 3.05) is 5.32 Å². The largest absolute Gasteiger partial charge is 0.469 e. The minimum Gasteiger partial charge on any atom is -0.469 e. The number of anilines is 1. The Morgan fingerprint density at radius 3 is 2.83 bits per heavy atom. The molecular formula is C17H15ClN2O4. The molecule has 0 aliphatic rings. The molecule has 0 fully saturated rings. The van der Waals surface area contributed by atoms with E-state index >= 15 is 0 Å². The van der Waals surface area contributed by atoms with Crippen LogP contribution in [0.15, 0.2) is 41.0 Å². The molecule has 7 heteroatoms. The van der Waals surface area contributed by atoms with Gasteiger partial charge < -0.3 is 14.5 Å². The molecule has 0 aliphatic heterocycles. The molecule has 2 aromatic rings. The molecule has 6 nitrogen and oxygen atoms in total. The van der Waals surface area contributed by atoms with E-state index in [-0.39, 0.29) is 11.4 Å². The lowest BCUT2D eigenvalue weighted by molar-refractivity contribution is -0.153. The van der Waals surface area contributed by atoms with Crippen LogP contribution in [0.1, 0.15) is 24.7 Å². The summed E-state index contributed by atoms with van der Waals surface area (Å²) in [6, 6.07) is 9.94. The Bertz CT molecular complexity index is 765. The van der Waals surface area contributed by atoms with Crippen molar-refractivity contribution in [1.82, 2.24) is 0 Å². The second-order valence-corrected chi connectivity index (χ2v) is 5.41. The summed E-state index contributed by atoms with van der Waals surface area (Å²) in [6.07, 6.45) is 1.10. The number of rotatable bonds is 6. The Hall–Kier alpha value is -2.78. The normalized spacial score (nSPS) is 11.4. The number of aryl methyl sites for hydroxylation is 1. The molecule has 0 unspecified atom stereocenters. The number of nitrogens with one attached hydrogen (secondary N) is 1. The number of carbonyl (C=O) groups is 2. The topological polar surface area (TPSA) is 92.3 Å². The van der Waals surface area contributed by atoms with Crippen LogP contribution >= 0.6 is 11.6 Å². The molecule has 0 bridgehead atoms. The number of hydrogen-bond donors (Lipinski definition) is 1. The average molecular weight is 347 g/mol. The first-order chi connectivity index (χ1) is 11.5. The molecule has 24 heavy (non-hydrogen) atoms. The smallest absolute Gasteiger partial charge is 0.307 e. The monoisotopic (exact) mass is 346 g/mol. The summed E-state index contributed by atoms with van der Waals surface area (Å²) >= 11 is 5.90. The number of ether oxygens (including phenoxy) is 1. The highest BCUT2D eigenvalue weighted by molar-refractivity contribution is 6.32. The van der Waals surface area contributed by atoms with Crippen LogP contribution in [0, 0.1) is 11.3 Å². The van der Waals surface area contributed by atoms with E-state index in [9.17, 15) is 9.59 Å². The highest BCUT2D eigenvalue weighted by Gasteiger charge is 2.18. The van der Waals surface area contributed by atoms with Gasteiger partial charge in [0, 0.05) is 12.1 Å². The van der Waals surface area contributed by atoms with Crippen molar-refractivity contribution >= 4 is 29.2 Å². The summed E-state index contributed by atoms with van der Waals surface area (Å²) in [6.45, 7) is 1.48. The first-order valence-electron chi connectivity index (χ1n) is 7.22. The number of halogens is 1. The quantitative estimate of drug-likeness (QED) is 0.810. The average Bonchev–Trinajstić information content (AvgIpc) is 3.06. The Morgan fingerprint density at radius 1 is 1.42 bits per heavy atom. The van der Waals surface area contributed by atoms with Gasteiger partial charge in [0.05, 0.1) is 23.3 Å². The van der Waals surface area contributed by atoms with Gasteiger partial charge in [0.1, 0.15) is 11.8 Å². The minimum atomic E-state index is -0.955. The third kappa shape index (κ3) is 4.86. The van der Waals surface area contributed by atoms with E-state index < -0.39 is 18.0 Å².